The van der Waals surface area contributed by atoms with Crippen LogP contribution < -0.4 is 0 Å². The first-order valence-electron chi connectivity index (χ1n) is 5.36. The lowest BCUT2D eigenvalue weighted by Gasteiger charge is -2.04. The Morgan fingerprint density at radius 2 is 2.30 bits per heavy atom. The molecule has 106 valence electrons. The van der Waals surface area contributed by atoms with E-state index in [0.29, 0.717) is 21.1 Å². The summed E-state index contributed by atoms with van der Waals surface area (Å²) in [5, 5.41) is 12.4. The third kappa shape index (κ3) is 3.81. The Kier molecular flexibility index (Phi) is 5.16. The van der Waals surface area contributed by atoms with Gasteiger partial charge in [-0.15, -0.1) is 5.10 Å². The topological polar surface area (TPSA) is 82.8 Å². The minimum Gasteiger partial charge on any atom is -0.468 e. The Morgan fingerprint density at radius 3 is 3.00 bits per heavy atom. The molecule has 0 N–H and O–H groups in total. The number of tetrazole rings is 1. The smallest absolute Gasteiger partial charge is 0.327 e. The molecule has 2 rings (SSSR count). The number of ether oxygens (including phenoxy) is 1. The molecule has 0 aromatic carbocycles. The van der Waals surface area contributed by atoms with Crippen LogP contribution in [0.5, 0.6) is 0 Å². The van der Waals surface area contributed by atoms with Gasteiger partial charge in [-0.05, 0) is 22.1 Å². The van der Waals surface area contributed by atoms with E-state index >= 15 is 0 Å². The van der Waals surface area contributed by atoms with E-state index < -0.39 is 5.97 Å². The van der Waals surface area contributed by atoms with Crippen molar-refractivity contribution in [2.75, 3.05) is 7.11 Å². The predicted octanol–water partition coefficient (Wildman–Crippen LogP) is 1.84. The molecule has 2 aromatic rings. The Hall–Kier alpha value is -1.38. The van der Waals surface area contributed by atoms with Gasteiger partial charge in [0, 0.05) is 17.0 Å². The van der Waals surface area contributed by atoms with Crippen molar-refractivity contribution in [3.05, 3.63) is 28.0 Å². The summed E-state index contributed by atoms with van der Waals surface area (Å²) in [6.07, 6.45) is 1.59. The maximum atomic E-state index is 11.2. The van der Waals surface area contributed by atoms with E-state index in [1.807, 2.05) is 0 Å². The number of hydrogen-bond donors (Lipinski definition) is 0. The van der Waals surface area contributed by atoms with E-state index in [1.54, 1.807) is 12.3 Å². The van der Waals surface area contributed by atoms with E-state index in [9.17, 15) is 4.79 Å². The monoisotopic (exact) mass is 333 g/mol. The zero-order valence-electron chi connectivity index (χ0n) is 10.3. The lowest BCUT2D eigenvalue weighted by molar-refractivity contribution is -0.141. The Balaban J connectivity index is 2.04. The van der Waals surface area contributed by atoms with Gasteiger partial charge in [-0.25, -0.2) is 9.67 Å². The normalized spacial score (nSPS) is 10.6. The van der Waals surface area contributed by atoms with Gasteiger partial charge in [0.2, 0.25) is 5.16 Å². The van der Waals surface area contributed by atoms with Crippen LogP contribution in [0.1, 0.15) is 5.56 Å². The highest BCUT2D eigenvalue weighted by Gasteiger charge is 2.12. The third-order valence-corrected chi connectivity index (χ3v) is 3.82. The highest BCUT2D eigenvalue weighted by Crippen LogP contribution is 2.26. The summed E-state index contributed by atoms with van der Waals surface area (Å²) < 4.78 is 5.92. The zero-order chi connectivity index (χ0) is 14.5. The highest BCUT2D eigenvalue weighted by molar-refractivity contribution is 7.98. The molecule has 2 heterocycles. The van der Waals surface area contributed by atoms with Crippen molar-refractivity contribution in [2.24, 2.45) is 0 Å². The van der Waals surface area contributed by atoms with Crippen molar-refractivity contribution in [3.8, 4) is 0 Å². The average Bonchev–Trinajstić information content (AvgIpc) is 2.85. The van der Waals surface area contributed by atoms with E-state index in [4.69, 9.17) is 23.2 Å². The van der Waals surface area contributed by atoms with Crippen molar-refractivity contribution in [3.63, 3.8) is 0 Å². The second kappa shape index (κ2) is 6.87. The minimum absolute atomic E-state index is 0.0432. The number of rotatable bonds is 5. The van der Waals surface area contributed by atoms with Gasteiger partial charge in [0.05, 0.1) is 7.11 Å². The number of halogens is 2. The van der Waals surface area contributed by atoms with Crippen LogP contribution in [0.3, 0.4) is 0 Å². The second-order valence-corrected chi connectivity index (χ2v) is 5.32. The van der Waals surface area contributed by atoms with E-state index in [1.165, 1.54) is 23.6 Å². The fourth-order valence-corrected chi connectivity index (χ4v) is 2.64. The van der Waals surface area contributed by atoms with E-state index in [0.717, 1.165) is 5.56 Å². The van der Waals surface area contributed by atoms with Crippen molar-refractivity contribution in [1.82, 2.24) is 25.2 Å². The van der Waals surface area contributed by atoms with Crippen molar-refractivity contribution in [1.29, 1.82) is 0 Å². The fourth-order valence-electron chi connectivity index (χ4n) is 1.27. The Bertz CT molecular complexity index is 621. The molecule has 2 aromatic heterocycles. The first kappa shape index (κ1) is 15.0. The molecule has 0 bridgehead atoms. The number of thioether (sulfide) groups is 1. The molecular formula is C10H9Cl2N5O2S. The summed E-state index contributed by atoms with van der Waals surface area (Å²) in [5.74, 6) is 0.0789. The summed E-state index contributed by atoms with van der Waals surface area (Å²) >= 11 is 13.1. The summed E-state index contributed by atoms with van der Waals surface area (Å²) in [7, 11) is 1.30. The molecule has 0 unspecified atom stereocenters. The van der Waals surface area contributed by atoms with Crippen LogP contribution in [-0.4, -0.2) is 38.3 Å². The Labute approximate surface area is 128 Å². The standard InChI is InChI=1S/C10H9Cl2N5O2S/c1-19-9(18)4-17-10(14-15-16-17)20-5-6-3-13-8(12)2-7(6)11/h2-3H,4-5H2,1H3. The second-order valence-electron chi connectivity index (χ2n) is 3.58. The molecule has 0 amide bonds. The van der Waals surface area contributed by atoms with Gasteiger partial charge >= 0.3 is 5.97 Å². The molecule has 0 spiro atoms. The summed E-state index contributed by atoms with van der Waals surface area (Å²) in [4.78, 5) is 15.2. The van der Waals surface area contributed by atoms with E-state index in [2.05, 4.69) is 25.2 Å². The van der Waals surface area contributed by atoms with Gasteiger partial charge in [-0.2, -0.15) is 0 Å². The first-order valence-corrected chi connectivity index (χ1v) is 7.10. The van der Waals surface area contributed by atoms with Gasteiger partial charge in [-0.3, -0.25) is 4.79 Å². The lowest BCUT2D eigenvalue weighted by atomic mass is 10.3. The molecule has 0 saturated heterocycles. The van der Waals surface area contributed by atoms with Crippen LogP contribution in [0.15, 0.2) is 17.4 Å². The molecule has 20 heavy (non-hydrogen) atoms. The number of esters is 1. The highest BCUT2D eigenvalue weighted by atomic mass is 35.5. The van der Waals surface area contributed by atoms with Gasteiger partial charge in [-0.1, -0.05) is 35.0 Å². The third-order valence-electron chi connectivity index (χ3n) is 2.26. The van der Waals surface area contributed by atoms with Crippen molar-refractivity contribution in [2.45, 2.75) is 17.5 Å². The number of carbonyl (C=O) groups is 1. The Morgan fingerprint density at radius 1 is 1.50 bits per heavy atom. The maximum Gasteiger partial charge on any atom is 0.327 e. The zero-order valence-corrected chi connectivity index (χ0v) is 12.6. The largest absolute Gasteiger partial charge is 0.468 e. The summed E-state index contributed by atoms with van der Waals surface area (Å²) in [5.41, 5.74) is 0.800. The van der Waals surface area contributed by atoms with Crippen molar-refractivity contribution >= 4 is 40.9 Å². The van der Waals surface area contributed by atoms with Crippen LogP contribution in [0, 0.1) is 0 Å². The molecular weight excluding hydrogens is 325 g/mol. The molecule has 0 saturated carbocycles. The van der Waals surface area contributed by atoms with Gasteiger partial charge < -0.3 is 4.74 Å². The van der Waals surface area contributed by atoms with Crippen LogP contribution in [0.4, 0.5) is 0 Å². The van der Waals surface area contributed by atoms with Crippen molar-refractivity contribution < 1.29 is 9.53 Å². The minimum atomic E-state index is -0.426. The summed E-state index contributed by atoms with van der Waals surface area (Å²) in [6.45, 7) is -0.0432. The molecule has 0 aliphatic rings. The lowest BCUT2D eigenvalue weighted by Crippen LogP contribution is -2.13. The molecule has 0 atom stereocenters. The van der Waals surface area contributed by atoms with Gasteiger partial charge in [0.1, 0.15) is 11.7 Å². The average molecular weight is 334 g/mol. The molecule has 0 fully saturated rings. The predicted molar refractivity (Wildman–Crippen MR) is 73.7 cm³/mol. The molecule has 0 aliphatic heterocycles. The molecule has 0 radical (unpaired) electrons. The number of hydrogen-bond acceptors (Lipinski definition) is 7. The first-order chi connectivity index (χ1) is 9.60. The van der Waals surface area contributed by atoms with Gasteiger partial charge in [0.25, 0.3) is 0 Å². The van der Waals surface area contributed by atoms with Crippen LogP contribution in [0.25, 0.3) is 0 Å². The number of pyridine rings is 1. The molecule has 0 aliphatic carbocycles. The van der Waals surface area contributed by atoms with Gasteiger partial charge in [0.15, 0.2) is 0 Å². The van der Waals surface area contributed by atoms with E-state index in [-0.39, 0.29) is 6.54 Å². The quantitative estimate of drug-likeness (QED) is 0.469. The number of methoxy groups -OCH3 is 1. The van der Waals surface area contributed by atoms with Crippen LogP contribution in [-0.2, 0) is 21.8 Å². The fraction of sp³-hybridized carbons (Fsp3) is 0.300. The number of carbonyl (C=O) groups excluding carboxylic acids is 1. The molecule has 10 heteroatoms. The number of nitrogens with zero attached hydrogens (tertiary/aromatic N) is 5. The summed E-state index contributed by atoms with van der Waals surface area (Å²) in [6, 6.07) is 1.57. The maximum absolute atomic E-state index is 11.2. The van der Waals surface area contributed by atoms with Crippen LogP contribution >= 0.6 is 35.0 Å². The molecule has 7 nitrogen and oxygen atoms in total. The number of aromatic nitrogens is 5. The SMILES string of the molecule is COC(=O)Cn1nnnc1SCc1cnc(Cl)cc1Cl. The van der Waals surface area contributed by atoms with Crippen LogP contribution in [0.2, 0.25) is 10.2 Å².